The molecule has 116 valence electrons. The third kappa shape index (κ3) is 2.68. The van der Waals surface area contributed by atoms with E-state index in [1.54, 1.807) is 4.68 Å². The molecule has 10 heteroatoms. The summed E-state index contributed by atoms with van der Waals surface area (Å²) in [7, 11) is -3.83. The van der Waals surface area contributed by atoms with Crippen LogP contribution >= 0.6 is 11.8 Å². The Morgan fingerprint density at radius 3 is 3.00 bits per heavy atom. The van der Waals surface area contributed by atoms with Crippen molar-refractivity contribution in [2.75, 3.05) is 24.8 Å². The maximum Gasteiger partial charge on any atom is 0.322 e. The zero-order valence-electron chi connectivity index (χ0n) is 11.1. The molecule has 0 radical (unpaired) electrons. The van der Waals surface area contributed by atoms with E-state index in [0.29, 0.717) is 13.2 Å². The fraction of sp³-hybridized carbons (Fsp3) is 0.636. The molecule has 2 unspecified atom stereocenters. The van der Waals surface area contributed by atoms with Crippen molar-refractivity contribution in [3.8, 4) is 0 Å². The molecule has 2 aliphatic heterocycles. The zero-order chi connectivity index (χ0) is 15.0. The first-order chi connectivity index (χ1) is 10.00. The molecule has 1 aromatic heterocycles. The van der Waals surface area contributed by atoms with E-state index in [-0.39, 0.29) is 22.6 Å². The lowest BCUT2D eigenvalue weighted by molar-refractivity contribution is -0.140. The smallest absolute Gasteiger partial charge is 0.322 e. The van der Waals surface area contributed by atoms with E-state index < -0.39 is 22.0 Å². The van der Waals surface area contributed by atoms with Crippen LogP contribution in [0.4, 0.5) is 0 Å². The number of carboxylic acid groups (broad SMARTS) is 1. The second-order valence-corrected chi connectivity index (χ2v) is 7.81. The third-order valence-electron chi connectivity index (χ3n) is 3.59. The second kappa shape index (κ2) is 5.59. The van der Waals surface area contributed by atoms with Crippen molar-refractivity contribution < 1.29 is 23.1 Å². The van der Waals surface area contributed by atoms with Gasteiger partial charge in [0.2, 0.25) is 10.0 Å². The van der Waals surface area contributed by atoms with Crippen molar-refractivity contribution in [1.29, 1.82) is 0 Å². The number of carbonyl (C=O) groups is 1. The molecule has 0 amide bonds. The molecule has 2 aliphatic rings. The molecule has 0 aliphatic carbocycles. The zero-order valence-corrected chi connectivity index (χ0v) is 12.7. The summed E-state index contributed by atoms with van der Waals surface area (Å²) in [4.78, 5) is 11.2. The Morgan fingerprint density at radius 2 is 2.33 bits per heavy atom. The highest BCUT2D eigenvalue weighted by molar-refractivity contribution is 8.00. The van der Waals surface area contributed by atoms with Gasteiger partial charge < -0.3 is 9.84 Å². The van der Waals surface area contributed by atoms with Crippen molar-refractivity contribution in [1.82, 2.24) is 14.1 Å². The number of sulfonamides is 1. The normalized spacial score (nSPS) is 27.2. The van der Waals surface area contributed by atoms with Gasteiger partial charge in [-0.05, 0) is 6.42 Å². The van der Waals surface area contributed by atoms with Gasteiger partial charge in [0.1, 0.15) is 10.9 Å². The summed E-state index contributed by atoms with van der Waals surface area (Å²) in [6, 6.07) is -0.977. The van der Waals surface area contributed by atoms with Crippen LogP contribution in [0.1, 0.15) is 12.5 Å². The summed E-state index contributed by atoms with van der Waals surface area (Å²) in [5, 5.41) is 13.2. The lowest BCUT2D eigenvalue weighted by Crippen LogP contribution is -2.41. The molecular formula is C11H15N3O5S2. The first-order valence-corrected chi connectivity index (χ1v) is 9.04. The van der Waals surface area contributed by atoms with Gasteiger partial charge in [0, 0.05) is 18.6 Å². The van der Waals surface area contributed by atoms with Crippen LogP contribution < -0.4 is 0 Å². The van der Waals surface area contributed by atoms with Crippen LogP contribution in [0.2, 0.25) is 0 Å². The van der Waals surface area contributed by atoms with Gasteiger partial charge in [0.15, 0.2) is 0 Å². The Labute approximate surface area is 126 Å². The quantitative estimate of drug-likeness (QED) is 0.827. The van der Waals surface area contributed by atoms with Gasteiger partial charge in [0.05, 0.1) is 24.7 Å². The number of rotatable bonds is 4. The largest absolute Gasteiger partial charge is 0.480 e. The average molecular weight is 333 g/mol. The summed E-state index contributed by atoms with van der Waals surface area (Å²) in [6.45, 7) is 1.15. The molecular weight excluding hydrogens is 318 g/mol. The van der Waals surface area contributed by atoms with Crippen LogP contribution in [0.15, 0.2) is 17.3 Å². The maximum absolute atomic E-state index is 12.5. The Hall–Kier alpha value is -1.10. The van der Waals surface area contributed by atoms with Crippen LogP contribution in [0, 0.1) is 0 Å². The van der Waals surface area contributed by atoms with Crippen molar-refractivity contribution in [3.05, 3.63) is 12.4 Å². The highest BCUT2D eigenvalue weighted by Crippen LogP contribution is 2.29. The number of hydrogen-bond acceptors (Lipinski definition) is 6. The Bertz CT molecular complexity index is 638. The fourth-order valence-electron chi connectivity index (χ4n) is 2.38. The molecule has 0 aromatic carbocycles. The molecule has 0 saturated carbocycles. The number of thioether (sulfide) groups is 1. The Balaban J connectivity index is 1.86. The lowest BCUT2D eigenvalue weighted by atomic mass is 10.3. The van der Waals surface area contributed by atoms with Gasteiger partial charge in [-0.1, -0.05) is 0 Å². The Morgan fingerprint density at radius 1 is 1.52 bits per heavy atom. The molecule has 0 spiro atoms. The summed E-state index contributed by atoms with van der Waals surface area (Å²) < 4.78 is 32.9. The van der Waals surface area contributed by atoms with E-state index >= 15 is 0 Å². The molecule has 21 heavy (non-hydrogen) atoms. The van der Waals surface area contributed by atoms with Crippen molar-refractivity contribution in [3.63, 3.8) is 0 Å². The highest BCUT2D eigenvalue weighted by atomic mass is 32.2. The maximum atomic E-state index is 12.5. The summed E-state index contributed by atoms with van der Waals surface area (Å²) in [6.07, 6.45) is 3.52. The first kappa shape index (κ1) is 14.8. The van der Waals surface area contributed by atoms with E-state index in [9.17, 15) is 13.2 Å². The van der Waals surface area contributed by atoms with Crippen LogP contribution in [0.25, 0.3) is 0 Å². The standard InChI is InChI=1S/C11H15N3O5S2/c15-11(16)10-6-20-7-14(10)21(17,18)9-3-12-13(4-9)8-1-2-19-5-8/h3-4,8,10H,1-2,5-7H2,(H,15,16). The summed E-state index contributed by atoms with van der Waals surface area (Å²) >= 11 is 1.29. The van der Waals surface area contributed by atoms with E-state index in [4.69, 9.17) is 9.84 Å². The van der Waals surface area contributed by atoms with E-state index in [2.05, 4.69) is 5.10 Å². The number of carboxylic acids is 1. The summed E-state index contributed by atoms with van der Waals surface area (Å²) in [5.74, 6) is -0.712. The minimum atomic E-state index is -3.83. The van der Waals surface area contributed by atoms with Gasteiger partial charge in [-0.3, -0.25) is 9.48 Å². The Kier molecular flexibility index (Phi) is 3.95. The SMILES string of the molecule is O=C(O)C1CSCN1S(=O)(=O)c1cnn(C2CCOC2)c1. The molecule has 3 heterocycles. The highest BCUT2D eigenvalue weighted by Gasteiger charge is 2.40. The molecule has 1 aromatic rings. The van der Waals surface area contributed by atoms with E-state index in [1.807, 2.05) is 0 Å². The van der Waals surface area contributed by atoms with Crippen LogP contribution in [0.5, 0.6) is 0 Å². The van der Waals surface area contributed by atoms with Crippen LogP contribution in [-0.4, -0.2) is 64.5 Å². The summed E-state index contributed by atoms with van der Waals surface area (Å²) in [5.41, 5.74) is 0. The van der Waals surface area contributed by atoms with Crippen LogP contribution in [0.3, 0.4) is 0 Å². The monoisotopic (exact) mass is 333 g/mol. The number of aliphatic carboxylic acids is 1. The topological polar surface area (TPSA) is 102 Å². The minimum absolute atomic E-state index is 0.0307. The van der Waals surface area contributed by atoms with Gasteiger partial charge in [-0.2, -0.15) is 9.40 Å². The lowest BCUT2D eigenvalue weighted by Gasteiger charge is -2.18. The predicted octanol–water partition coefficient (Wildman–Crippen LogP) is -0.00730. The van der Waals surface area contributed by atoms with E-state index in [1.165, 1.54) is 24.2 Å². The number of hydrogen-bond donors (Lipinski definition) is 1. The van der Waals surface area contributed by atoms with E-state index in [0.717, 1.165) is 10.7 Å². The number of ether oxygens (including phenoxy) is 1. The van der Waals surface area contributed by atoms with Crippen molar-refractivity contribution >= 4 is 27.8 Å². The molecule has 2 atom stereocenters. The predicted molar refractivity (Wildman–Crippen MR) is 74.5 cm³/mol. The van der Waals surface area contributed by atoms with Crippen molar-refractivity contribution in [2.45, 2.75) is 23.4 Å². The van der Waals surface area contributed by atoms with Gasteiger partial charge in [-0.15, -0.1) is 11.8 Å². The average Bonchev–Trinajstić information content (AvgIpc) is 3.18. The first-order valence-electron chi connectivity index (χ1n) is 6.44. The minimum Gasteiger partial charge on any atom is -0.480 e. The van der Waals surface area contributed by atoms with Gasteiger partial charge >= 0.3 is 5.97 Å². The molecule has 1 N–H and O–H groups in total. The number of aromatic nitrogens is 2. The molecule has 8 nitrogen and oxygen atoms in total. The third-order valence-corrected chi connectivity index (χ3v) is 6.57. The fourth-order valence-corrected chi connectivity index (χ4v) is 5.45. The van der Waals surface area contributed by atoms with Crippen LogP contribution in [-0.2, 0) is 19.6 Å². The molecule has 3 rings (SSSR count). The number of nitrogens with zero attached hydrogens (tertiary/aromatic N) is 3. The molecule has 0 bridgehead atoms. The second-order valence-electron chi connectivity index (χ2n) is 4.92. The van der Waals surface area contributed by atoms with Crippen molar-refractivity contribution in [2.24, 2.45) is 0 Å². The van der Waals surface area contributed by atoms with Gasteiger partial charge in [-0.25, -0.2) is 8.42 Å². The molecule has 2 fully saturated rings. The molecule has 2 saturated heterocycles. The van der Waals surface area contributed by atoms with Gasteiger partial charge in [0.25, 0.3) is 0 Å².